The second kappa shape index (κ2) is 11.5. The lowest BCUT2D eigenvalue weighted by molar-refractivity contribution is -0.124. The summed E-state index contributed by atoms with van der Waals surface area (Å²) in [5.74, 6) is 0.564. The Labute approximate surface area is 238 Å². The maximum absolute atomic E-state index is 13.3. The summed E-state index contributed by atoms with van der Waals surface area (Å²) in [6, 6.07) is 17.9. The van der Waals surface area contributed by atoms with Gasteiger partial charge in [0.1, 0.15) is 11.9 Å². The predicted octanol–water partition coefficient (Wildman–Crippen LogP) is 3.63. The summed E-state index contributed by atoms with van der Waals surface area (Å²) in [5, 5.41) is 8.70. The quantitative estimate of drug-likeness (QED) is 0.325. The van der Waals surface area contributed by atoms with Crippen molar-refractivity contribution in [3.05, 3.63) is 88.1 Å². The summed E-state index contributed by atoms with van der Waals surface area (Å²) < 4.78 is 1.60. The highest BCUT2D eigenvalue weighted by Gasteiger charge is 2.32. The lowest BCUT2D eigenvalue weighted by Gasteiger charge is -2.41. The fourth-order valence-corrected chi connectivity index (χ4v) is 5.23. The smallest absolute Gasteiger partial charge is 0.294 e. The van der Waals surface area contributed by atoms with Crippen LogP contribution in [-0.4, -0.2) is 39.6 Å². The van der Waals surface area contributed by atoms with Crippen LogP contribution in [0.2, 0.25) is 0 Å². The average molecular weight is 569 g/mol. The lowest BCUT2D eigenvalue weighted by atomic mass is 10.0. The molecule has 4 heterocycles. The molecule has 1 atom stereocenters. The minimum absolute atomic E-state index is 0. The van der Waals surface area contributed by atoms with E-state index in [2.05, 4.69) is 55.8 Å². The number of amides is 1. The van der Waals surface area contributed by atoms with Crippen molar-refractivity contribution in [2.45, 2.75) is 38.4 Å². The highest BCUT2D eigenvalue weighted by Crippen LogP contribution is 2.27. The van der Waals surface area contributed by atoms with E-state index in [4.69, 9.17) is 5.73 Å². The molecule has 9 nitrogen and oxygen atoms in total. The highest BCUT2D eigenvalue weighted by molar-refractivity contribution is 5.86. The maximum Gasteiger partial charge on any atom is 0.294 e. The molecular formula is C28H31Cl2N7O2. The molecule has 0 spiro atoms. The van der Waals surface area contributed by atoms with Crippen LogP contribution in [-0.2, 0) is 17.8 Å². The topological polar surface area (TPSA) is 118 Å². The first-order valence-electron chi connectivity index (χ1n) is 12.6. The molecule has 0 aliphatic carbocycles. The third kappa shape index (κ3) is 5.51. The van der Waals surface area contributed by atoms with Gasteiger partial charge >= 0.3 is 0 Å². The van der Waals surface area contributed by atoms with Gasteiger partial charge < -0.3 is 21.3 Å². The molecule has 1 amide bonds. The van der Waals surface area contributed by atoms with Crippen LogP contribution in [0.5, 0.6) is 0 Å². The van der Waals surface area contributed by atoms with Gasteiger partial charge in [0.25, 0.3) is 5.56 Å². The van der Waals surface area contributed by atoms with E-state index in [1.54, 1.807) is 16.8 Å². The van der Waals surface area contributed by atoms with E-state index in [0.29, 0.717) is 31.0 Å². The number of nitrogens with zero attached hydrogens (tertiary/aromatic N) is 4. The molecule has 1 saturated heterocycles. The van der Waals surface area contributed by atoms with Crippen LogP contribution in [0.3, 0.4) is 0 Å². The normalized spacial score (nSPS) is 16.0. The third-order valence-electron chi connectivity index (χ3n) is 7.35. The number of nitrogens with two attached hydrogens (primary N) is 1. The number of pyridine rings is 1. The number of rotatable bonds is 6. The summed E-state index contributed by atoms with van der Waals surface area (Å²) >= 11 is 0. The van der Waals surface area contributed by atoms with E-state index >= 15 is 0 Å². The number of anilines is 3. The van der Waals surface area contributed by atoms with Crippen LogP contribution < -0.4 is 26.8 Å². The van der Waals surface area contributed by atoms with E-state index in [0.717, 1.165) is 30.0 Å². The standard InChI is InChI=1S/C28H29N7O2.2ClH/c1-17-20(7-11-25(29)32-17)13-31-27(36)24-10-9-23-14-30-26(28(37)35(23)24)33-21-15-34(16-21)22-8-6-18-4-2-3-5-19(18)12-22;;/h2-8,11-12,14,21,24H,9-10,13,15-16H2,1H3,(H2,29,32)(H,30,33)(H,31,36);2*1H/t24-;;/m0../s1. The molecule has 4 N–H and O–H groups in total. The highest BCUT2D eigenvalue weighted by atomic mass is 35.5. The number of benzene rings is 2. The minimum Gasteiger partial charge on any atom is -0.384 e. The third-order valence-corrected chi connectivity index (χ3v) is 7.35. The Hall–Kier alpha value is -3.82. The summed E-state index contributed by atoms with van der Waals surface area (Å²) in [6.07, 6.45) is 2.93. The second-order valence-electron chi connectivity index (χ2n) is 9.80. The summed E-state index contributed by atoms with van der Waals surface area (Å²) in [7, 11) is 0. The molecule has 2 aromatic heterocycles. The molecule has 0 unspecified atom stereocenters. The van der Waals surface area contributed by atoms with E-state index in [1.165, 1.54) is 16.5 Å². The van der Waals surface area contributed by atoms with Crippen molar-refractivity contribution >= 4 is 58.8 Å². The maximum atomic E-state index is 13.3. The number of nitrogens with one attached hydrogen (secondary N) is 2. The van der Waals surface area contributed by atoms with Gasteiger partial charge in [0.2, 0.25) is 5.91 Å². The number of aromatic nitrogens is 3. The fraction of sp³-hybridized carbons (Fsp3) is 0.286. The molecule has 0 saturated carbocycles. The molecule has 2 aliphatic heterocycles. The Morgan fingerprint density at radius 3 is 2.62 bits per heavy atom. The van der Waals surface area contributed by atoms with Crippen molar-refractivity contribution in [2.75, 3.05) is 29.0 Å². The number of fused-ring (bicyclic) bond motifs is 2. The molecule has 1 fully saturated rings. The number of hydrogen-bond acceptors (Lipinski definition) is 7. The number of hydrogen-bond donors (Lipinski definition) is 3. The number of carbonyl (C=O) groups is 1. The first kappa shape index (κ1) is 28.2. The molecule has 6 rings (SSSR count). The summed E-state index contributed by atoms with van der Waals surface area (Å²) in [6.45, 7) is 3.75. The van der Waals surface area contributed by atoms with Crippen LogP contribution in [0.4, 0.5) is 17.3 Å². The van der Waals surface area contributed by atoms with Crippen molar-refractivity contribution < 1.29 is 4.79 Å². The van der Waals surface area contributed by atoms with Crippen LogP contribution in [0.1, 0.15) is 29.4 Å². The molecule has 0 radical (unpaired) electrons. The van der Waals surface area contributed by atoms with Crippen LogP contribution in [0, 0.1) is 6.92 Å². The first-order valence-corrected chi connectivity index (χ1v) is 12.6. The largest absolute Gasteiger partial charge is 0.384 e. The van der Waals surface area contributed by atoms with Crippen LogP contribution in [0.15, 0.2) is 65.6 Å². The Morgan fingerprint density at radius 1 is 1.08 bits per heavy atom. The number of aryl methyl sites for hydroxylation is 2. The molecule has 4 aromatic rings. The summed E-state index contributed by atoms with van der Waals surface area (Å²) in [4.78, 5) is 37.3. The summed E-state index contributed by atoms with van der Waals surface area (Å²) in [5.41, 5.74) is 9.10. The monoisotopic (exact) mass is 567 g/mol. The zero-order valence-electron chi connectivity index (χ0n) is 21.5. The molecule has 11 heteroatoms. The van der Waals surface area contributed by atoms with Gasteiger partial charge in [-0.2, -0.15) is 0 Å². The predicted molar refractivity (Wildman–Crippen MR) is 159 cm³/mol. The average Bonchev–Trinajstić information content (AvgIpc) is 3.31. The Morgan fingerprint density at radius 2 is 1.85 bits per heavy atom. The van der Waals surface area contributed by atoms with E-state index in [-0.39, 0.29) is 42.3 Å². The van der Waals surface area contributed by atoms with Gasteiger partial charge in [-0.1, -0.05) is 36.4 Å². The zero-order chi connectivity index (χ0) is 25.5. The SMILES string of the molecule is Cc1nc(N)ccc1CNC(=O)[C@@H]1CCc2cnc(NC3CN(c4ccc5ccccc5c4)C3)c(=O)n21.Cl.Cl. The molecule has 2 aliphatic rings. The van der Waals surface area contributed by atoms with E-state index < -0.39 is 6.04 Å². The molecule has 204 valence electrons. The van der Waals surface area contributed by atoms with Gasteiger partial charge in [0.05, 0.1) is 6.04 Å². The van der Waals surface area contributed by atoms with Gasteiger partial charge in [0, 0.05) is 42.9 Å². The van der Waals surface area contributed by atoms with Crippen LogP contribution >= 0.6 is 24.8 Å². The first-order chi connectivity index (χ1) is 18.0. The zero-order valence-corrected chi connectivity index (χ0v) is 23.1. The van der Waals surface area contributed by atoms with Crippen molar-refractivity contribution in [2.24, 2.45) is 0 Å². The van der Waals surface area contributed by atoms with E-state index in [1.807, 2.05) is 25.1 Å². The lowest BCUT2D eigenvalue weighted by Crippen LogP contribution is -2.55. The minimum atomic E-state index is -0.552. The Kier molecular flexibility index (Phi) is 8.32. The van der Waals surface area contributed by atoms with Gasteiger partial charge in [-0.15, -0.1) is 24.8 Å². The molecule has 0 bridgehead atoms. The van der Waals surface area contributed by atoms with Gasteiger partial charge in [-0.05, 0) is 54.3 Å². The van der Waals surface area contributed by atoms with E-state index in [9.17, 15) is 9.59 Å². The van der Waals surface area contributed by atoms with Gasteiger partial charge in [0.15, 0.2) is 5.82 Å². The number of nitrogen functional groups attached to an aromatic ring is 1. The number of halogens is 2. The fourth-order valence-electron chi connectivity index (χ4n) is 5.23. The van der Waals surface area contributed by atoms with Crippen molar-refractivity contribution in [1.29, 1.82) is 0 Å². The number of carbonyl (C=O) groups excluding carboxylic acids is 1. The molecular weight excluding hydrogens is 537 g/mol. The van der Waals surface area contributed by atoms with Gasteiger partial charge in [-0.3, -0.25) is 14.2 Å². The van der Waals surface area contributed by atoms with Gasteiger partial charge in [-0.25, -0.2) is 9.97 Å². The van der Waals surface area contributed by atoms with Crippen molar-refractivity contribution in [3.63, 3.8) is 0 Å². The Bertz CT molecular complexity index is 1570. The van der Waals surface area contributed by atoms with Crippen molar-refractivity contribution in [3.8, 4) is 0 Å². The molecule has 2 aromatic carbocycles. The Balaban J connectivity index is 0.00000176. The second-order valence-corrected chi connectivity index (χ2v) is 9.80. The van der Waals surface area contributed by atoms with Crippen LogP contribution in [0.25, 0.3) is 10.8 Å². The molecule has 39 heavy (non-hydrogen) atoms. The van der Waals surface area contributed by atoms with Crippen molar-refractivity contribution in [1.82, 2.24) is 19.9 Å².